The maximum Gasteiger partial charge on any atom is 0.0424 e. The highest BCUT2D eigenvalue weighted by Crippen LogP contribution is 2.00. The smallest absolute Gasteiger partial charge is 0.0424 e. The molecule has 0 fully saturated rings. The zero-order valence-electron chi connectivity index (χ0n) is 7.51. The third-order valence-corrected chi connectivity index (χ3v) is 2.01. The zero-order valence-corrected chi connectivity index (χ0v) is 8.33. The molecule has 0 aromatic heterocycles. The Bertz CT molecular complexity index is 325. The fourth-order valence-corrected chi connectivity index (χ4v) is 1.20. The largest absolute Gasteiger partial charge is 0.255 e. The van der Waals surface area contributed by atoms with E-state index in [4.69, 9.17) is 0 Å². The molecule has 1 aromatic carbocycles. The molecular formula is C11H12OS. The first-order valence-corrected chi connectivity index (χ1v) is 5.63. The molecule has 1 rings (SSSR count). The zero-order chi connectivity index (χ0) is 9.52. The summed E-state index contributed by atoms with van der Waals surface area (Å²) < 4.78 is 10.6. The number of benzene rings is 1. The predicted octanol–water partition coefficient (Wildman–Crippen LogP) is 2.59. The lowest BCUT2D eigenvalue weighted by Crippen LogP contribution is -1.72. The summed E-state index contributed by atoms with van der Waals surface area (Å²) in [6.45, 7) is 0. The summed E-state index contributed by atoms with van der Waals surface area (Å²) in [4.78, 5) is 0. The normalized spacial score (nSPS) is 13.9. The molecule has 0 radical (unpaired) electrons. The van der Waals surface area contributed by atoms with Crippen molar-refractivity contribution in [1.29, 1.82) is 0 Å². The second-order valence-electron chi connectivity index (χ2n) is 2.60. The van der Waals surface area contributed by atoms with Gasteiger partial charge < -0.3 is 0 Å². The second kappa shape index (κ2) is 5.49. The van der Waals surface area contributed by atoms with Gasteiger partial charge >= 0.3 is 0 Å². The molecule has 0 aliphatic carbocycles. The molecule has 1 atom stereocenters. The highest BCUT2D eigenvalue weighted by molar-refractivity contribution is 7.87. The summed E-state index contributed by atoms with van der Waals surface area (Å²) in [6, 6.07) is 10.00. The van der Waals surface area contributed by atoms with Crippen molar-refractivity contribution in [3.05, 3.63) is 53.5 Å². The SMILES string of the molecule is C[S@@](=O)/C=C/C=C\c1ccccc1. The summed E-state index contributed by atoms with van der Waals surface area (Å²) in [5, 5.41) is 1.65. The van der Waals surface area contributed by atoms with E-state index < -0.39 is 10.8 Å². The topological polar surface area (TPSA) is 17.1 Å². The molecule has 1 aromatic rings. The minimum absolute atomic E-state index is 0.855. The van der Waals surface area contributed by atoms with Crippen molar-refractivity contribution < 1.29 is 4.21 Å². The van der Waals surface area contributed by atoms with Crippen molar-refractivity contribution in [1.82, 2.24) is 0 Å². The van der Waals surface area contributed by atoms with E-state index in [9.17, 15) is 4.21 Å². The quantitative estimate of drug-likeness (QED) is 0.673. The molecule has 0 saturated carbocycles. The van der Waals surface area contributed by atoms with E-state index in [2.05, 4.69) is 0 Å². The molecule has 0 aliphatic heterocycles. The Labute approximate surface area is 81.3 Å². The predicted molar refractivity (Wildman–Crippen MR) is 58.7 cm³/mol. The number of allylic oxidation sites excluding steroid dienone is 2. The molecule has 0 N–H and O–H groups in total. The summed E-state index contributed by atoms with van der Waals surface area (Å²) in [5.74, 6) is 0. The van der Waals surface area contributed by atoms with Crippen molar-refractivity contribution in [2.45, 2.75) is 0 Å². The Balaban J connectivity index is 2.55. The van der Waals surface area contributed by atoms with Crippen LogP contribution in [0, 0.1) is 0 Å². The third-order valence-electron chi connectivity index (χ3n) is 1.47. The van der Waals surface area contributed by atoms with Gasteiger partial charge in [-0.1, -0.05) is 48.6 Å². The molecule has 0 unspecified atom stereocenters. The van der Waals surface area contributed by atoms with E-state index in [0.717, 1.165) is 5.56 Å². The van der Waals surface area contributed by atoms with Gasteiger partial charge in [0.1, 0.15) is 0 Å². The molecule has 0 spiro atoms. The van der Waals surface area contributed by atoms with Crippen LogP contribution in [0.3, 0.4) is 0 Å². The monoisotopic (exact) mass is 192 g/mol. The molecule has 0 amide bonds. The van der Waals surface area contributed by atoms with Crippen LogP contribution in [0.25, 0.3) is 6.08 Å². The Morgan fingerprint density at radius 1 is 1.15 bits per heavy atom. The first kappa shape index (κ1) is 9.93. The fraction of sp³-hybridized carbons (Fsp3) is 0.0909. The molecular weight excluding hydrogens is 180 g/mol. The van der Waals surface area contributed by atoms with Crippen molar-refractivity contribution in [2.75, 3.05) is 6.26 Å². The standard InChI is InChI=1S/C11H12OS/c1-13(12)10-6-5-9-11-7-3-2-4-8-11/h2-10H,1H3/b9-5-,10-6+/t13-/m1/s1. The van der Waals surface area contributed by atoms with Gasteiger partial charge in [0, 0.05) is 22.5 Å². The van der Waals surface area contributed by atoms with E-state index in [1.165, 1.54) is 0 Å². The van der Waals surface area contributed by atoms with Crippen molar-refractivity contribution in [3.8, 4) is 0 Å². The summed E-state index contributed by atoms with van der Waals surface area (Å²) in [6.07, 6.45) is 7.30. The lowest BCUT2D eigenvalue weighted by molar-refractivity contribution is 0.691. The Morgan fingerprint density at radius 2 is 1.85 bits per heavy atom. The van der Waals surface area contributed by atoms with Crippen molar-refractivity contribution in [2.24, 2.45) is 0 Å². The Hall–Kier alpha value is -1.15. The van der Waals surface area contributed by atoms with Gasteiger partial charge in [-0.25, -0.2) is 0 Å². The highest BCUT2D eigenvalue weighted by Gasteiger charge is 1.80. The van der Waals surface area contributed by atoms with Crippen LogP contribution in [0.1, 0.15) is 5.56 Å². The molecule has 1 nitrogen and oxygen atoms in total. The van der Waals surface area contributed by atoms with Gasteiger partial charge in [0.2, 0.25) is 0 Å². The van der Waals surface area contributed by atoms with Crippen LogP contribution in [-0.4, -0.2) is 10.5 Å². The molecule has 0 heterocycles. The van der Waals surface area contributed by atoms with Crippen molar-refractivity contribution in [3.63, 3.8) is 0 Å². The lowest BCUT2D eigenvalue weighted by atomic mass is 10.2. The molecule has 0 aliphatic rings. The van der Waals surface area contributed by atoms with Crippen LogP contribution in [0.4, 0.5) is 0 Å². The van der Waals surface area contributed by atoms with Crippen LogP contribution in [0.5, 0.6) is 0 Å². The minimum atomic E-state index is -0.855. The van der Waals surface area contributed by atoms with Gasteiger partial charge in [0.05, 0.1) is 0 Å². The van der Waals surface area contributed by atoms with E-state index >= 15 is 0 Å². The fourth-order valence-electron chi connectivity index (χ4n) is 0.887. The number of hydrogen-bond donors (Lipinski definition) is 0. The first-order valence-electron chi connectivity index (χ1n) is 4.01. The van der Waals surface area contributed by atoms with Gasteiger partial charge in [-0.05, 0) is 5.56 Å². The molecule has 2 heteroatoms. The Morgan fingerprint density at radius 3 is 2.46 bits per heavy atom. The van der Waals surface area contributed by atoms with Gasteiger partial charge in [-0.2, -0.15) is 0 Å². The van der Waals surface area contributed by atoms with Gasteiger partial charge in [-0.3, -0.25) is 4.21 Å². The molecule has 13 heavy (non-hydrogen) atoms. The first-order chi connectivity index (χ1) is 6.29. The minimum Gasteiger partial charge on any atom is -0.255 e. The third kappa shape index (κ3) is 4.43. The van der Waals surface area contributed by atoms with E-state index in [0.29, 0.717) is 0 Å². The lowest BCUT2D eigenvalue weighted by Gasteiger charge is -1.88. The van der Waals surface area contributed by atoms with Crippen LogP contribution in [0.15, 0.2) is 47.9 Å². The summed E-state index contributed by atoms with van der Waals surface area (Å²) >= 11 is 0. The van der Waals surface area contributed by atoms with Crippen LogP contribution >= 0.6 is 0 Å². The summed E-state index contributed by atoms with van der Waals surface area (Å²) in [7, 11) is -0.855. The average Bonchev–Trinajstić information content (AvgIpc) is 2.14. The van der Waals surface area contributed by atoms with E-state index in [-0.39, 0.29) is 0 Å². The molecule has 68 valence electrons. The van der Waals surface area contributed by atoms with Crippen LogP contribution < -0.4 is 0 Å². The van der Waals surface area contributed by atoms with E-state index in [1.54, 1.807) is 17.7 Å². The van der Waals surface area contributed by atoms with Gasteiger partial charge in [-0.15, -0.1) is 0 Å². The average molecular weight is 192 g/mol. The highest BCUT2D eigenvalue weighted by atomic mass is 32.2. The van der Waals surface area contributed by atoms with Crippen molar-refractivity contribution >= 4 is 16.9 Å². The number of hydrogen-bond acceptors (Lipinski definition) is 1. The van der Waals surface area contributed by atoms with E-state index in [1.807, 2.05) is 42.5 Å². The van der Waals surface area contributed by atoms with Gasteiger partial charge in [0.25, 0.3) is 0 Å². The maximum atomic E-state index is 10.6. The van der Waals surface area contributed by atoms with Gasteiger partial charge in [0.15, 0.2) is 0 Å². The van der Waals surface area contributed by atoms with Crippen LogP contribution in [-0.2, 0) is 10.8 Å². The second-order valence-corrected chi connectivity index (χ2v) is 3.87. The van der Waals surface area contributed by atoms with Crippen LogP contribution in [0.2, 0.25) is 0 Å². The maximum absolute atomic E-state index is 10.6. The number of rotatable bonds is 3. The molecule has 0 saturated heterocycles. The Kier molecular flexibility index (Phi) is 4.19. The molecule has 0 bridgehead atoms. The summed E-state index contributed by atoms with van der Waals surface area (Å²) in [5.41, 5.74) is 1.15.